The maximum absolute atomic E-state index is 14.2. The van der Waals surface area contributed by atoms with E-state index in [0.717, 1.165) is 11.8 Å². The van der Waals surface area contributed by atoms with Crippen LogP contribution in [0.4, 0.5) is 19.0 Å². The first-order valence-electron chi connectivity index (χ1n) is 16.2. The summed E-state index contributed by atoms with van der Waals surface area (Å²) in [6, 6.07) is 13.0. The number of piperazine rings is 1. The summed E-state index contributed by atoms with van der Waals surface area (Å²) in [5.74, 6) is -0.332. The quantitative estimate of drug-likeness (QED) is 0.150. The fraction of sp³-hybridized carbons (Fsp3) is 0.400. The molecular formula is C35H43F3N8O3. The summed E-state index contributed by atoms with van der Waals surface area (Å²) in [4.78, 5) is 21.4. The van der Waals surface area contributed by atoms with Crippen LogP contribution in [0.3, 0.4) is 0 Å². The van der Waals surface area contributed by atoms with Gasteiger partial charge < -0.3 is 36.9 Å². The molecule has 3 heterocycles. The first-order chi connectivity index (χ1) is 23.6. The number of alkyl halides is 3. The number of aromatic nitrogens is 1. The number of aliphatic hydroxyl groups excluding tert-OH is 1. The number of nitrogens with two attached hydrogens (primary N) is 1. The molecular weight excluding hydrogens is 637 g/mol. The summed E-state index contributed by atoms with van der Waals surface area (Å²) >= 11 is 0. The van der Waals surface area contributed by atoms with Gasteiger partial charge in [0.05, 0.1) is 36.5 Å². The van der Waals surface area contributed by atoms with E-state index in [1.807, 2.05) is 17.0 Å². The number of amides is 1. The van der Waals surface area contributed by atoms with Gasteiger partial charge in [-0.25, -0.2) is 4.98 Å². The fourth-order valence-corrected chi connectivity index (χ4v) is 6.11. The summed E-state index contributed by atoms with van der Waals surface area (Å²) in [6.07, 6.45) is -0.533. The number of aliphatic hydroxyl groups is 1. The van der Waals surface area contributed by atoms with Crippen LogP contribution in [-0.4, -0.2) is 104 Å². The van der Waals surface area contributed by atoms with Crippen molar-refractivity contribution >= 4 is 23.5 Å². The van der Waals surface area contributed by atoms with Crippen molar-refractivity contribution in [1.82, 2.24) is 30.7 Å². The van der Waals surface area contributed by atoms with Gasteiger partial charge in [0, 0.05) is 89.2 Å². The normalized spacial score (nSPS) is 19.2. The maximum atomic E-state index is 14.2. The van der Waals surface area contributed by atoms with Crippen LogP contribution in [0.15, 0.2) is 60.9 Å². The number of benzene rings is 2. The molecule has 0 aliphatic carbocycles. The fourth-order valence-electron chi connectivity index (χ4n) is 6.11. The zero-order valence-electron chi connectivity index (χ0n) is 27.4. The highest BCUT2D eigenvalue weighted by Crippen LogP contribution is 2.36. The number of nitrogen functional groups attached to an aromatic ring is 1. The van der Waals surface area contributed by atoms with Gasteiger partial charge >= 0.3 is 6.18 Å². The van der Waals surface area contributed by atoms with Crippen molar-refractivity contribution in [1.29, 1.82) is 5.41 Å². The minimum Gasteiger partial charge on any atom is -0.395 e. The first-order valence-corrected chi connectivity index (χ1v) is 16.2. The number of allylic oxidation sites excluding steroid dienone is 1. The van der Waals surface area contributed by atoms with Gasteiger partial charge in [-0.3, -0.25) is 14.6 Å². The molecule has 0 saturated carbocycles. The molecule has 0 spiro atoms. The van der Waals surface area contributed by atoms with Crippen LogP contribution >= 0.6 is 0 Å². The van der Waals surface area contributed by atoms with Gasteiger partial charge in [-0.05, 0) is 34.4 Å². The van der Waals surface area contributed by atoms with Gasteiger partial charge in [-0.2, -0.15) is 13.2 Å². The number of halogens is 3. The van der Waals surface area contributed by atoms with Crippen LogP contribution in [-0.2, 0) is 24.1 Å². The SMILES string of the molecule is CN/C=C(\C=N)c1cnc(N)c(C(=O)N[C@H]2CNC[C@@H]2OCc2ccc(-c3ccc(CN4CCN(CCO)CC4)c(C(F)(F)F)c3)cc2)c1. The van der Waals surface area contributed by atoms with E-state index in [4.69, 9.17) is 21.0 Å². The van der Waals surface area contributed by atoms with Gasteiger partial charge in [0.15, 0.2) is 0 Å². The van der Waals surface area contributed by atoms with Crippen LogP contribution in [0.1, 0.15) is 32.6 Å². The van der Waals surface area contributed by atoms with Crippen LogP contribution in [0, 0.1) is 5.41 Å². The van der Waals surface area contributed by atoms with Crippen molar-refractivity contribution in [3.05, 3.63) is 88.7 Å². The van der Waals surface area contributed by atoms with Crippen molar-refractivity contribution < 1.29 is 27.8 Å². The molecule has 2 aliphatic heterocycles. The number of hydrogen-bond donors (Lipinski definition) is 6. The van der Waals surface area contributed by atoms with Crippen molar-refractivity contribution in [3.8, 4) is 11.1 Å². The Kier molecular flexibility index (Phi) is 12.0. The van der Waals surface area contributed by atoms with E-state index < -0.39 is 17.6 Å². The Balaban J connectivity index is 1.20. The zero-order valence-corrected chi connectivity index (χ0v) is 27.4. The third kappa shape index (κ3) is 9.22. The summed E-state index contributed by atoms with van der Waals surface area (Å²) in [7, 11) is 1.71. The highest BCUT2D eigenvalue weighted by Gasteiger charge is 2.34. The molecule has 262 valence electrons. The van der Waals surface area contributed by atoms with Crippen LogP contribution in [0.5, 0.6) is 0 Å². The Morgan fingerprint density at radius 3 is 2.49 bits per heavy atom. The molecule has 0 unspecified atom stereocenters. The van der Waals surface area contributed by atoms with E-state index in [1.165, 1.54) is 12.3 Å². The molecule has 2 saturated heterocycles. The van der Waals surface area contributed by atoms with Gasteiger partial charge in [-0.15, -0.1) is 0 Å². The van der Waals surface area contributed by atoms with Gasteiger partial charge in [0.1, 0.15) is 5.82 Å². The molecule has 2 aromatic carbocycles. The summed E-state index contributed by atoms with van der Waals surface area (Å²) in [5, 5.41) is 25.9. The summed E-state index contributed by atoms with van der Waals surface area (Å²) in [5.41, 5.74) is 8.91. The monoisotopic (exact) mass is 680 g/mol. The second-order valence-electron chi connectivity index (χ2n) is 12.2. The molecule has 2 aliphatic rings. The number of carbonyl (C=O) groups is 1. The molecule has 2 atom stereocenters. The van der Waals surface area contributed by atoms with E-state index in [9.17, 15) is 18.0 Å². The molecule has 1 amide bonds. The second-order valence-corrected chi connectivity index (χ2v) is 12.2. The highest BCUT2D eigenvalue weighted by atomic mass is 19.4. The lowest BCUT2D eigenvalue weighted by atomic mass is 9.97. The van der Waals surface area contributed by atoms with Crippen LogP contribution in [0.2, 0.25) is 0 Å². The van der Waals surface area contributed by atoms with Crippen molar-refractivity contribution in [2.24, 2.45) is 0 Å². The number of nitrogens with one attached hydrogen (secondary N) is 4. The molecule has 3 aromatic rings. The molecule has 5 rings (SSSR count). The summed E-state index contributed by atoms with van der Waals surface area (Å²) in [6.45, 7) is 4.84. The number of carbonyl (C=O) groups excluding carboxylic acids is 1. The number of anilines is 1. The van der Waals surface area contributed by atoms with Gasteiger partial charge in [0.2, 0.25) is 0 Å². The Bertz CT molecular complexity index is 1630. The number of hydrogen-bond acceptors (Lipinski definition) is 10. The Labute approximate surface area is 283 Å². The van der Waals surface area contributed by atoms with E-state index in [2.05, 4.69) is 25.8 Å². The topological polar surface area (TPSA) is 152 Å². The maximum Gasteiger partial charge on any atom is 0.416 e. The molecule has 0 bridgehead atoms. The first kappa shape index (κ1) is 36.0. The Hall–Kier alpha value is -4.34. The van der Waals surface area contributed by atoms with Crippen LogP contribution < -0.4 is 21.7 Å². The number of rotatable bonds is 13. The highest BCUT2D eigenvalue weighted by molar-refractivity contribution is 6.09. The molecule has 1 aromatic heterocycles. The largest absolute Gasteiger partial charge is 0.416 e. The average Bonchev–Trinajstić information content (AvgIpc) is 3.54. The molecule has 2 fully saturated rings. The standard InChI is InChI=1S/C35H43F3N8O3/c1-41-17-28(16-39)27-14-29(33(40)43-18-27)34(48)44-31-19-42-20-32(31)49-22-23-2-4-24(5-3-23)25-6-7-26(30(15-25)35(36,37)38)21-46-10-8-45(9-11-46)12-13-47/h2-7,14-18,31-32,39,41-42,47H,8-13,19-22H2,1H3,(H2,40,43)(H,44,48)/b28-17+,39-16?/t31-,32-/m0/s1. The lowest BCUT2D eigenvalue weighted by Crippen LogP contribution is -2.46. The molecule has 7 N–H and O–H groups in total. The molecule has 49 heavy (non-hydrogen) atoms. The van der Waals surface area contributed by atoms with Crippen molar-refractivity contribution in [2.45, 2.75) is 31.5 Å². The predicted octanol–water partition coefficient (Wildman–Crippen LogP) is 2.96. The van der Waals surface area contributed by atoms with E-state index in [1.54, 1.807) is 43.6 Å². The number of nitrogens with zero attached hydrogens (tertiary/aromatic N) is 3. The smallest absolute Gasteiger partial charge is 0.395 e. The van der Waals surface area contributed by atoms with Crippen molar-refractivity contribution in [2.75, 3.05) is 65.2 Å². The third-order valence-corrected chi connectivity index (χ3v) is 8.87. The van der Waals surface area contributed by atoms with Gasteiger partial charge in [0.25, 0.3) is 5.91 Å². The van der Waals surface area contributed by atoms with Gasteiger partial charge in [-0.1, -0.05) is 36.4 Å². The zero-order chi connectivity index (χ0) is 35.0. The lowest BCUT2D eigenvalue weighted by Gasteiger charge is -2.34. The molecule has 14 heteroatoms. The average molecular weight is 681 g/mol. The summed E-state index contributed by atoms with van der Waals surface area (Å²) < 4.78 is 48.7. The minimum atomic E-state index is -4.49. The van der Waals surface area contributed by atoms with Crippen LogP contribution in [0.25, 0.3) is 16.7 Å². The Morgan fingerprint density at radius 1 is 1.10 bits per heavy atom. The van der Waals surface area contributed by atoms with E-state index in [-0.39, 0.29) is 48.8 Å². The number of β-amino-alcohol motifs (C(OH)–C–C–N with tert-alkyl or cyclic N) is 1. The van der Waals surface area contributed by atoms with Crippen molar-refractivity contribution in [3.63, 3.8) is 0 Å². The Morgan fingerprint density at radius 2 is 1.82 bits per heavy atom. The number of pyridine rings is 1. The molecule has 0 radical (unpaired) electrons. The molecule has 11 nitrogen and oxygen atoms in total. The van der Waals surface area contributed by atoms with E-state index >= 15 is 0 Å². The second kappa shape index (κ2) is 16.4. The number of ether oxygens (including phenoxy) is 1. The lowest BCUT2D eigenvalue weighted by molar-refractivity contribution is -0.138. The van der Waals surface area contributed by atoms with E-state index in [0.29, 0.717) is 68.1 Å². The minimum absolute atomic E-state index is 0.0709. The predicted molar refractivity (Wildman–Crippen MR) is 183 cm³/mol. The third-order valence-electron chi connectivity index (χ3n) is 8.87.